The lowest BCUT2D eigenvalue weighted by molar-refractivity contribution is -0.135. The van der Waals surface area contributed by atoms with Crippen LogP contribution in [0.25, 0.3) is 0 Å². The second-order valence-corrected chi connectivity index (χ2v) is 6.78. The van der Waals surface area contributed by atoms with Gasteiger partial charge in [-0.1, -0.05) is 26.7 Å². The lowest BCUT2D eigenvalue weighted by atomic mass is 10.0. The largest absolute Gasteiger partial charge is 0.352 e. The van der Waals surface area contributed by atoms with Crippen LogP contribution in [-0.2, 0) is 4.79 Å². The Morgan fingerprint density at radius 2 is 1.87 bits per heavy atom. The van der Waals surface area contributed by atoms with Gasteiger partial charge < -0.3 is 16.0 Å². The number of unbranched alkanes of at least 4 members (excludes halogenated alkanes) is 1. The van der Waals surface area contributed by atoms with Crippen LogP contribution < -0.4 is 11.1 Å². The molecule has 0 aromatic heterocycles. The van der Waals surface area contributed by atoms with Gasteiger partial charge in [0.15, 0.2) is 0 Å². The predicted octanol–water partition coefficient (Wildman–Crippen LogP) is 1.69. The van der Waals surface area contributed by atoms with Gasteiger partial charge in [0.05, 0.1) is 0 Å². The van der Waals surface area contributed by atoms with Crippen molar-refractivity contribution in [2.75, 3.05) is 19.6 Å². The number of primary amides is 1. The maximum atomic E-state index is 13.0. The summed E-state index contributed by atoms with van der Waals surface area (Å²) in [5.41, 5.74) is 5.27. The van der Waals surface area contributed by atoms with E-state index >= 15 is 0 Å². The Kier molecular flexibility index (Phi) is 6.69. The Bertz CT molecular complexity index is 415. The fourth-order valence-corrected chi connectivity index (χ4v) is 4.18. The number of hydrogen-bond acceptors (Lipinski definition) is 3. The van der Waals surface area contributed by atoms with E-state index < -0.39 is 12.1 Å². The van der Waals surface area contributed by atoms with Gasteiger partial charge in [-0.25, -0.2) is 4.79 Å². The lowest BCUT2D eigenvalue weighted by Crippen LogP contribution is -2.55. The molecular formula is C17H32N4O2. The van der Waals surface area contributed by atoms with Gasteiger partial charge in [-0.3, -0.25) is 9.69 Å². The highest BCUT2D eigenvalue weighted by atomic mass is 16.2. The average Bonchev–Trinajstić information content (AvgIpc) is 3.17. The Morgan fingerprint density at radius 3 is 2.52 bits per heavy atom. The summed E-state index contributed by atoms with van der Waals surface area (Å²) in [6, 6.07) is -0.300. The Balaban J connectivity index is 2.06. The molecule has 2 fully saturated rings. The fraction of sp³-hybridized carbons (Fsp3) is 0.882. The topological polar surface area (TPSA) is 78.7 Å². The molecule has 3 N–H and O–H groups in total. The van der Waals surface area contributed by atoms with Crippen LogP contribution in [0.1, 0.15) is 58.8 Å². The first-order valence-corrected chi connectivity index (χ1v) is 9.19. The van der Waals surface area contributed by atoms with Crippen LogP contribution >= 0.6 is 0 Å². The van der Waals surface area contributed by atoms with Gasteiger partial charge in [-0.15, -0.1) is 0 Å². The number of nitrogens with one attached hydrogen (secondary N) is 1. The number of rotatable bonds is 7. The molecule has 0 spiro atoms. The first-order valence-electron chi connectivity index (χ1n) is 9.19. The van der Waals surface area contributed by atoms with E-state index in [-0.39, 0.29) is 5.91 Å². The summed E-state index contributed by atoms with van der Waals surface area (Å²) < 4.78 is 0. The third kappa shape index (κ3) is 4.37. The zero-order valence-electron chi connectivity index (χ0n) is 14.6. The number of urea groups is 1. The SMILES string of the molecule is CCCC[C@H](NC(N)=O)C(=O)N1CCC[C@@H]1[C@H]1CCCN1CC. The summed E-state index contributed by atoms with van der Waals surface area (Å²) in [6.07, 6.45) is 7.11. The molecule has 2 heterocycles. The molecule has 0 radical (unpaired) electrons. The molecule has 6 nitrogen and oxygen atoms in total. The number of hydrogen-bond donors (Lipinski definition) is 2. The number of likely N-dealkylation sites (N-methyl/N-ethyl adjacent to an activating group) is 1. The minimum atomic E-state index is -0.605. The second-order valence-electron chi connectivity index (χ2n) is 6.78. The van der Waals surface area contributed by atoms with Crippen LogP contribution in [0, 0.1) is 0 Å². The first-order chi connectivity index (χ1) is 11.1. The van der Waals surface area contributed by atoms with Crippen molar-refractivity contribution in [2.24, 2.45) is 5.73 Å². The third-order valence-corrected chi connectivity index (χ3v) is 5.31. The lowest BCUT2D eigenvalue weighted by Gasteiger charge is -2.36. The highest BCUT2D eigenvalue weighted by Crippen LogP contribution is 2.30. The number of nitrogens with two attached hydrogens (primary N) is 1. The van der Waals surface area contributed by atoms with Gasteiger partial charge in [-0.2, -0.15) is 0 Å². The maximum absolute atomic E-state index is 13.0. The summed E-state index contributed by atoms with van der Waals surface area (Å²) >= 11 is 0. The Labute approximate surface area is 139 Å². The van der Waals surface area contributed by atoms with Crippen molar-refractivity contribution in [2.45, 2.75) is 76.9 Å². The van der Waals surface area contributed by atoms with Crippen molar-refractivity contribution in [3.8, 4) is 0 Å². The molecule has 2 aliphatic rings. The molecule has 0 aromatic carbocycles. The third-order valence-electron chi connectivity index (χ3n) is 5.31. The van der Waals surface area contributed by atoms with E-state index in [0.29, 0.717) is 18.5 Å². The van der Waals surface area contributed by atoms with Gasteiger partial charge >= 0.3 is 6.03 Å². The van der Waals surface area contributed by atoms with Crippen LogP contribution in [0.2, 0.25) is 0 Å². The maximum Gasteiger partial charge on any atom is 0.312 e. The number of carbonyl (C=O) groups excluding carboxylic acids is 2. The van der Waals surface area contributed by atoms with Crippen LogP contribution in [0.3, 0.4) is 0 Å². The van der Waals surface area contributed by atoms with Crippen molar-refractivity contribution < 1.29 is 9.59 Å². The Morgan fingerprint density at radius 1 is 1.17 bits per heavy atom. The number of amides is 3. The first kappa shape index (κ1) is 18.0. The zero-order valence-corrected chi connectivity index (χ0v) is 14.6. The summed E-state index contributed by atoms with van der Waals surface area (Å²) in [4.78, 5) is 28.8. The van der Waals surface area contributed by atoms with Gasteiger partial charge in [0.1, 0.15) is 6.04 Å². The minimum absolute atomic E-state index is 0.0581. The van der Waals surface area contributed by atoms with Crippen LogP contribution in [-0.4, -0.2) is 59.5 Å². The Hall–Kier alpha value is -1.30. The van der Waals surface area contributed by atoms with E-state index in [9.17, 15) is 9.59 Å². The molecule has 0 saturated carbocycles. The monoisotopic (exact) mass is 324 g/mol. The van der Waals surface area contributed by atoms with Crippen molar-refractivity contribution in [3.63, 3.8) is 0 Å². The van der Waals surface area contributed by atoms with E-state index in [1.165, 1.54) is 12.8 Å². The molecule has 2 aliphatic heterocycles. The average molecular weight is 324 g/mol. The van der Waals surface area contributed by atoms with Crippen molar-refractivity contribution in [1.82, 2.24) is 15.1 Å². The quantitative estimate of drug-likeness (QED) is 0.748. The summed E-state index contributed by atoms with van der Waals surface area (Å²) in [5.74, 6) is 0.0581. The van der Waals surface area contributed by atoms with Crippen LogP contribution in [0.4, 0.5) is 4.79 Å². The molecule has 0 aliphatic carbocycles. The highest BCUT2D eigenvalue weighted by molar-refractivity contribution is 5.87. The fourth-order valence-electron chi connectivity index (χ4n) is 4.18. The molecule has 2 rings (SSSR count). The van der Waals surface area contributed by atoms with Crippen molar-refractivity contribution >= 4 is 11.9 Å². The molecule has 3 atom stereocenters. The van der Waals surface area contributed by atoms with Crippen LogP contribution in [0.5, 0.6) is 0 Å². The van der Waals surface area contributed by atoms with Crippen molar-refractivity contribution in [1.29, 1.82) is 0 Å². The number of nitrogens with zero attached hydrogens (tertiary/aromatic N) is 2. The molecule has 0 aromatic rings. The molecule has 0 unspecified atom stereocenters. The molecule has 132 valence electrons. The van der Waals surface area contributed by atoms with E-state index in [1.54, 1.807) is 0 Å². The smallest absolute Gasteiger partial charge is 0.312 e. The van der Waals surface area contributed by atoms with Gasteiger partial charge in [0.25, 0.3) is 0 Å². The molecule has 2 saturated heterocycles. The summed E-state index contributed by atoms with van der Waals surface area (Å²) in [7, 11) is 0. The number of carbonyl (C=O) groups is 2. The second kappa shape index (κ2) is 8.52. The predicted molar refractivity (Wildman–Crippen MR) is 91.0 cm³/mol. The van der Waals surface area contributed by atoms with E-state index in [2.05, 4.69) is 24.1 Å². The standard InChI is InChI=1S/C17H32N4O2/c1-3-5-8-13(19-17(18)23)16(22)21-12-7-10-15(21)14-9-6-11-20(14)4-2/h13-15H,3-12H2,1-2H3,(H3,18,19,23)/t13-,14+,15+/m0/s1. The zero-order chi connectivity index (χ0) is 16.8. The van der Waals surface area contributed by atoms with Crippen LogP contribution in [0.15, 0.2) is 0 Å². The molecule has 0 bridgehead atoms. The van der Waals surface area contributed by atoms with Gasteiger partial charge in [-0.05, 0) is 45.2 Å². The molecule has 23 heavy (non-hydrogen) atoms. The highest BCUT2D eigenvalue weighted by Gasteiger charge is 2.40. The minimum Gasteiger partial charge on any atom is -0.352 e. The van der Waals surface area contributed by atoms with Gasteiger partial charge in [0.2, 0.25) is 5.91 Å². The normalized spacial score (nSPS) is 26.4. The van der Waals surface area contributed by atoms with E-state index in [1.807, 2.05) is 4.90 Å². The summed E-state index contributed by atoms with van der Waals surface area (Å²) in [6.45, 7) is 7.27. The molecule has 6 heteroatoms. The number of likely N-dealkylation sites (tertiary alicyclic amines) is 2. The van der Waals surface area contributed by atoms with E-state index in [0.717, 1.165) is 45.3 Å². The summed E-state index contributed by atoms with van der Waals surface area (Å²) in [5, 5.41) is 2.66. The van der Waals surface area contributed by atoms with Gasteiger partial charge in [0, 0.05) is 18.6 Å². The molecular weight excluding hydrogens is 292 g/mol. The molecule has 3 amide bonds. The van der Waals surface area contributed by atoms with E-state index in [4.69, 9.17) is 5.73 Å². The van der Waals surface area contributed by atoms with Crippen molar-refractivity contribution in [3.05, 3.63) is 0 Å².